The molecule has 12 nitrogen and oxygen atoms in total. The molecule has 0 spiro atoms. The van der Waals surface area contributed by atoms with Crippen molar-refractivity contribution in [2.75, 3.05) is 0 Å². The maximum Gasteiger partial charge on any atom is 0.244 e. The van der Waals surface area contributed by atoms with Gasteiger partial charge in [-0.25, -0.2) is 36.5 Å². The average Bonchev–Trinajstić information content (AvgIpc) is 2.75. The highest BCUT2D eigenvalue weighted by molar-refractivity contribution is 5.54. The van der Waals surface area contributed by atoms with E-state index in [0.717, 1.165) is 112 Å². The van der Waals surface area contributed by atoms with Gasteiger partial charge in [0, 0.05) is 44.5 Å². The van der Waals surface area contributed by atoms with Crippen molar-refractivity contribution in [1.29, 1.82) is 0 Å². The predicted molar refractivity (Wildman–Crippen MR) is 302 cm³/mol. The molecule has 4 fully saturated rings. The Bertz CT molecular complexity index is 3460. The van der Waals surface area contributed by atoms with Crippen LogP contribution in [0.25, 0.3) is 0 Å². The largest absolute Gasteiger partial charge is 1.00 e. The van der Waals surface area contributed by atoms with Crippen molar-refractivity contribution in [2.45, 2.75) is 167 Å². The lowest BCUT2D eigenvalue weighted by atomic mass is 9.55. The van der Waals surface area contributed by atoms with Crippen molar-refractivity contribution in [3.05, 3.63) is 202 Å². The molecule has 4 N–H and O–H groups in total. The van der Waals surface area contributed by atoms with Gasteiger partial charge in [0.25, 0.3) is 0 Å². The van der Waals surface area contributed by atoms with Gasteiger partial charge in [-0.2, -0.15) is 0 Å². The molecule has 5 heterocycles. The molecule has 12 bridgehead atoms. The summed E-state index contributed by atoms with van der Waals surface area (Å²) in [6.07, 6.45) is 38.1. The third-order valence-electron chi connectivity index (χ3n) is 22.3. The minimum absolute atomic E-state index is 0. The van der Waals surface area contributed by atoms with E-state index in [4.69, 9.17) is 0 Å². The summed E-state index contributed by atoms with van der Waals surface area (Å²) in [5.41, 5.74) is 14.6. The fourth-order valence-corrected chi connectivity index (χ4v) is 18.0. The Hall–Kier alpha value is -4.84. The molecule has 444 valence electrons. The normalized spacial score (nSPS) is 27.6. The lowest BCUT2D eigenvalue weighted by Crippen LogP contribution is -3.00. The first-order chi connectivity index (χ1) is 38.9. The Morgan fingerprint density at radius 1 is 0.417 bits per heavy atom. The van der Waals surface area contributed by atoms with Gasteiger partial charge in [0.1, 0.15) is 113 Å². The number of aromatic nitrogens is 8. The minimum atomic E-state index is -0.209. The molecular formula is C68H80Br4N8O4. The second-order valence-corrected chi connectivity index (χ2v) is 26.5. The van der Waals surface area contributed by atoms with Gasteiger partial charge in [-0.05, 0) is 158 Å². The molecule has 16 heteroatoms. The van der Waals surface area contributed by atoms with E-state index in [2.05, 4.69) is 186 Å². The van der Waals surface area contributed by atoms with Crippen molar-refractivity contribution in [1.82, 2.24) is 18.3 Å². The van der Waals surface area contributed by atoms with E-state index in [1.54, 1.807) is 0 Å². The van der Waals surface area contributed by atoms with E-state index >= 15 is 0 Å². The van der Waals surface area contributed by atoms with Gasteiger partial charge in [-0.1, -0.05) is 62.4 Å². The van der Waals surface area contributed by atoms with Crippen LogP contribution in [0.3, 0.4) is 0 Å². The maximum atomic E-state index is 12.6. The summed E-state index contributed by atoms with van der Waals surface area (Å²) in [5, 5.41) is 47.7. The highest BCUT2D eigenvalue weighted by Gasteiger charge is 2.56. The monoisotopic (exact) mass is 1390 g/mol. The zero-order valence-corrected chi connectivity index (χ0v) is 54.7. The number of phenolic OH excluding ortho intramolecular Hbond substituents is 2. The van der Waals surface area contributed by atoms with Crippen LogP contribution < -0.4 is 86.2 Å². The van der Waals surface area contributed by atoms with Gasteiger partial charge >= 0.3 is 0 Å². The fraction of sp³-hybridized carbons (Fsp3) is 0.471. The summed E-state index contributed by atoms with van der Waals surface area (Å²) in [4.78, 5) is 0. The average molecular weight is 1390 g/mol. The molecule has 7 aliphatic rings. The van der Waals surface area contributed by atoms with E-state index < -0.39 is 0 Å². The van der Waals surface area contributed by atoms with E-state index in [9.17, 15) is 20.4 Å². The highest BCUT2D eigenvalue weighted by atomic mass is 79.9. The van der Waals surface area contributed by atoms with E-state index in [0.29, 0.717) is 86.3 Å². The smallest absolute Gasteiger partial charge is 0.244 e. The van der Waals surface area contributed by atoms with Crippen molar-refractivity contribution >= 4 is 0 Å². The van der Waals surface area contributed by atoms with Crippen LogP contribution in [0.5, 0.6) is 11.5 Å². The molecule has 84 heavy (non-hydrogen) atoms. The van der Waals surface area contributed by atoms with Gasteiger partial charge < -0.3 is 88.4 Å². The second kappa shape index (κ2) is 24.0. The number of imidazole rings is 4. The Labute approximate surface area is 536 Å². The van der Waals surface area contributed by atoms with E-state index in [1.165, 1.54) is 44.5 Å². The van der Waals surface area contributed by atoms with Gasteiger partial charge in [0.05, 0.1) is 12.2 Å². The molecule has 4 aromatic heterocycles. The van der Waals surface area contributed by atoms with Gasteiger partial charge in [0.15, 0.2) is 0 Å². The molecule has 15 rings (SSSR count). The molecule has 8 aromatic rings. The first-order valence-corrected chi connectivity index (χ1v) is 30.3. The van der Waals surface area contributed by atoms with Gasteiger partial charge in [0.2, 0.25) is 25.3 Å². The van der Waals surface area contributed by atoms with Crippen LogP contribution in [0.2, 0.25) is 0 Å². The number of hydrogen-bond acceptors (Lipinski definition) is 4. The van der Waals surface area contributed by atoms with E-state index in [1.807, 2.05) is 0 Å². The van der Waals surface area contributed by atoms with Crippen molar-refractivity contribution < 1.29 is 107 Å². The van der Waals surface area contributed by atoms with Crippen molar-refractivity contribution in [3.8, 4) is 11.5 Å². The highest BCUT2D eigenvalue weighted by Crippen LogP contribution is 2.63. The van der Waals surface area contributed by atoms with Crippen LogP contribution >= 0.6 is 0 Å². The summed E-state index contributed by atoms with van der Waals surface area (Å²) in [5.74, 6) is 3.85. The lowest BCUT2D eigenvalue weighted by Gasteiger charge is -2.50. The quantitative estimate of drug-likeness (QED) is 0.119. The zero-order valence-electron chi connectivity index (χ0n) is 48.3. The molecular weight excluding hydrogens is 1310 g/mol. The third-order valence-corrected chi connectivity index (χ3v) is 22.3. The third kappa shape index (κ3) is 10.6. The molecule has 4 aromatic carbocycles. The molecule has 0 unspecified atom stereocenters. The first kappa shape index (κ1) is 60.8. The Morgan fingerprint density at radius 2 is 0.762 bits per heavy atom. The number of halogens is 4. The van der Waals surface area contributed by atoms with Crippen LogP contribution in [0.4, 0.5) is 0 Å². The number of phenols is 2. The molecule has 10 atom stereocenters. The van der Waals surface area contributed by atoms with E-state index in [-0.39, 0.29) is 91.0 Å². The number of nitrogens with zero attached hydrogens (tertiary/aromatic N) is 8. The number of aliphatic hydroxyl groups is 2. The van der Waals surface area contributed by atoms with Gasteiger partial charge in [-0.15, -0.1) is 0 Å². The topological polar surface area (TPSA) is 116 Å². The number of fused-ring (bicyclic) bond motifs is 26. The zero-order chi connectivity index (χ0) is 54.0. The Balaban J connectivity index is 0.00000184. The number of rotatable bonds is 0. The SMILES string of the molecule is C[C@]12CC[C@@H]3c4cc5c(O)c(c4CC[C@H]3[C@@H]1CC[C@@H]2O)Cn1cc[n+](c1)Cc1ccccc1C[n+]1ccn(c1)Cc1c(O)c(cc2c1CC[C@@H]1[C@@H]2CC[C@]2(C)[C@@H](O)CC[C@@H]12)C[n+]1ccn(c1)Cc1ccccc1Cn1cc[n+](c1)C5.[Br-].[Br-].[Br-].[Br-]. The minimum Gasteiger partial charge on any atom is -1.00 e. The molecule has 0 radical (unpaired) electrons. The van der Waals surface area contributed by atoms with Crippen LogP contribution in [-0.2, 0) is 65.2 Å². The first-order valence-electron chi connectivity index (χ1n) is 30.3. The summed E-state index contributed by atoms with van der Waals surface area (Å²) in [6, 6.07) is 22.3. The van der Waals surface area contributed by atoms with Gasteiger partial charge in [-0.3, -0.25) is 0 Å². The van der Waals surface area contributed by atoms with Crippen LogP contribution in [0.1, 0.15) is 157 Å². The number of aliphatic hydroxyl groups excluding tert-OH is 2. The van der Waals surface area contributed by atoms with Crippen molar-refractivity contribution in [2.24, 2.45) is 34.5 Å². The fourth-order valence-electron chi connectivity index (χ4n) is 18.0. The predicted octanol–water partition coefficient (Wildman–Crippen LogP) is -3.40. The van der Waals surface area contributed by atoms with Crippen LogP contribution in [0.15, 0.2) is 136 Å². The molecule has 1 aliphatic heterocycles. The van der Waals surface area contributed by atoms with Crippen LogP contribution in [0, 0.1) is 34.5 Å². The number of aromatic hydroxyl groups is 2. The lowest BCUT2D eigenvalue weighted by molar-refractivity contribution is -0.693. The molecule has 0 saturated heterocycles. The maximum absolute atomic E-state index is 12.6. The molecule has 6 aliphatic carbocycles. The molecule has 4 saturated carbocycles. The number of hydrogen-bond donors (Lipinski definition) is 4. The molecule has 0 amide bonds. The summed E-state index contributed by atoms with van der Waals surface area (Å²) in [7, 11) is 0. The van der Waals surface area contributed by atoms with Crippen LogP contribution in [-0.4, -0.2) is 50.9 Å². The second-order valence-electron chi connectivity index (χ2n) is 26.5. The Kier molecular flexibility index (Phi) is 17.4. The Morgan fingerprint density at radius 3 is 1.14 bits per heavy atom. The summed E-state index contributed by atoms with van der Waals surface area (Å²) < 4.78 is 18.1. The van der Waals surface area contributed by atoms with Crippen molar-refractivity contribution in [3.63, 3.8) is 0 Å². The summed E-state index contributed by atoms with van der Waals surface area (Å²) >= 11 is 0. The standard InChI is InChI=1S/C68H78N8O4.4BrH/c1-67-21-19-53-55(61(67)15-17-63(67)77)13-11-51-57(53)31-49-37-73-25-23-69(41-73)33-45-7-3-4-8-46(45)34-70-24-26-74(42-70)38-50-32-58-52(12-14-56-54(58)20-22-68(2)62(56)16-18-64(68)78)60(66(50)80)40-76-30-28-72(44-76)36-48-10-6-5-9-47(48)35-71-27-29-75(43-71)39-59(51)65(49)79;;;;/h3-10,23-32,41-44,53-56,61-64,77-78H,11-22,33-40H2,1-2H3;4*1H/q+2;;;;/p-2/t53-,54-,55+,56+,61-,62-,63-,64-,67-,68-;;;;/m0..../s1. The summed E-state index contributed by atoms with van der Waals surface area (Å²) in [6.45, 7) is 9.91. The number of benzene rings is 4.